The van der Waals surface area contributed by atoms with E-state index >= 15 is 0 Å². The van der Waals surface area contributed by atoms with Crippen molar-refractivity contribution in [2.24, 2.45) is 0 Å². The first-order valence-electron chi connectivity index (χ1n) is 5.68. The lowest BCUT2D eigenvalue weighted by Gasteiger charge is -2.11. The third kappa shape index (κ3) is 3.53. The fraction of sp³-hybridized carbons (Fsp3) is 0.0769. The minimum atomic E-state index is -3.81. The topological polar surface area (TPSA) is 82.8 Å². The quantitative estimate of drug-likeness (QED) is 0.819. The van der Waals surface area contributed by atoms with Crippen LogP contribution in [0, 0.1) is 18.3 Å². The summed E-state index contributed by atoms with van der Waals surface area (Å²) in [7, 11) is -3.81. The molecule has 0 fully saturated rings. The molecule has 0 aliphatic carbocycles. The molecule has 1 N–H and O–H groups in total. The predicted octanol–water partition coefficient (Wildman–Crippen LogP) is 3.48. The van der Waals surface area contributed by atoms with Crippen molar-refractivity contribution in [2.75, 3.05) is 4.72 Å². The Balaban J connectivity index is 2.44. The van der Waals surface area contributed by atoms with E-state index in [9.17, 15) is 8.42 Å². The van der Waals surface area contributed by atoms with Gasteiger partial charge in [-0.1, -0.05) is 11.6 Å². The molecule has 0 unspecified atom stereocenters. The molecule has 2 rings (SSSR count). The van der Waals surface area contributed by atoms with Crippen molar-refractivity contribution in [1.29, 1.82) is 5.26 Å². The number of aryl methyl sites for hydroxylation is 1. The van der Waals surface area contributed by atoms with E-state index in [-0.39, 0.29) is 15.7 Å². The van der Waals surface area contributed by atoms with E-state index in [1.807, 2.05) is 6.07 Å². The number of nitrogens with one attached hydrogen (secondary N) is 1. The second kappa shape index (κ2) is 6.02. The fourth-order valence-electron chi connectivity index (χ4n) is 1.71. The van der Waals surface area contributed by atoms with Gasteiger partial charge in [0.1, 0.15) is 0 Å². The number of halogens is 2. The van der Waals surface area contributed by atoms with E-state index in [0.29, 0.717) is 15.6 Å². The molecule has 0 bridgehead atoms. The van der Waals surface area contributed by atoms with Crippen LogP contribution in [-0.2, 0) is 10.0 Å². The minimum Gasteiger partial charge on any atom is -0.276 e. The summed E-state index contributed by atoms with van der Waals surface area (Å²) in [6.07, 6.45) is 1.47. The number of aromatic nitrogens is 1. The van der Waals surface area contributed by atoms with Crippen LogP contribution in [0.4, 0.5) is 5.69 Å². The van der Waals surface area contributed by atoms with Gasteiger partial charge >= 0.3 is 0 Å². The van der Waals surface area contributed by atoms with Crippen LogP contribution < -0.4 is 4.72 Å². The number of rotatable bonds is 3. The molecular weight excluding hydrogens is 378 g/mol. The SMILES string of the molecule is Cc1cc(C#N)ccc1S(=O)(=O)Nc1cc(Br)cnc1Cl. The molecule has 0 radical (unpaired) electrons. The predicted molar refractivity (Wildman–Crippen MR) is 83.6 cm³/mol. The highest BCUT2D eigenvalue weighted by Crippen LogP contribution is 2.26. The van der Waals surface area contributed by atoms with E-state index in [1.165, 1.54) is 30.5 Å². The summed E-state index contributed by atoms with van der Waals surface area (Å²) in [6, 6.07) is 7.82. The van der Waals surface area contributed by atoms with Gasteiger partial charge < -0.3 is 0 Å². The van der Waals surface area contributed by atoms with Crippen LogP contribution in [0.25, 0.3) is 0 Å². The summed E-state index contributed by atoms with van der Waals surface area (Å²) in [5, 5.41) is 8.86. The Morgan fingerprint density at radius 1 is 1.38 bits per heavy atom. The molecule has 0 saturated heterocycles. The van der Waals surface area contributed by atoms with Gasteiger partial charge in [-0.05, 0) is 52.7 Å². The zero-order valence-corrected chi connectivity index (χ0v) is 13.9. The van der Waals surface area contributed by atoms with Gasteiger partial charge in [-0.25, -0.2) is 13.4 Å². The van der Waals surface area contributed by atoms with Crippen LogP contribution in [0.15, 0.2) is 39.8 Å². The van der Waals surface area contributed by atoms with E-state index in [0.717, 1.165) is 0 Å². The maximum Gasteiger partial charge on any atom is 0.262 e. The molecule has 5 nitrogen and oxygen atoms in total. The summed E-state index contributed by atoms with van der Waals surface area (Å²) in [5.41, 5.74) is 1.05. The van der Waals surface area contributed by atoms with E-state index in [4.69, 9.17) is 16.9 Å². The number of anilines is 1. The summed E-state index contributed by atoms with van der Waals surface area (Å²) in [4.78, 5) is 3.94. The first-order chi connectivity index (χ1) is 9.83. The summed E-state index contributed by atoms with van der Waals surface area (Å²) >= 11 is 9.08. The second-order valence-corrected chi connectivity index (χ2v) is 7.11. The molecular formula is C13H9BrClN3O2S. The molecule has 0 atom stereocenters. The fourth-order valence-corrected chi connectivity index (χ4v) is 3.54. The van der Waals surface area contributed by atoms with Gasteiger partial charge in [0.2, 0.25) is 0 Å². The lowest BCUT2D eigenvalue weighted by Crippen LogP contribution is -2.15. The zero-order chi connectivity index (χ0) is 15.6. The molecule has 1 aromatic carbocycles. The van der Waals surface area contributed by atoms with Crippen LogP contribution in [0.1, 0.15) is 11.1 Å². The first-order valence-corrected chi connectivity index (χ1v) is 8.33. The number of benzene rings is 1. The Morgan fingerprint density at radius 3 is 2.71 bits per heavy atom. The van der Waals surface area contributed by atoms with Gasteiger partial charge in [0, 0.05) is 10.7 Å². The third-order valence-electron chi connectivity index (χ3n) is 2.64. The van der Waals surface area contributed by atoms with Crippen LogP contribution in [-0.4, -0.2) is 13.4 Å². The highest BCUT2D eigenvalue weighted by atomic mass is 79.9. The molecule has 0 amide bonds. The first kappa shape index (κ1) is 15.8. The second-order valence-electron chi connectivity index (χ2n) is 4.19. The van der Waals surface area contributed by atoms with Crippen molar-refractivity contribution in [3.05, 3.63) is 51.2 Å². The van der Waals surface area contributed by atoms with E-state index in [2.05, 4.69) is 25.6 Å². The van der Waals surface area contributed by atoms with Crippen LogP contribution >= 0.6 is 27.5 Å². The highest BCUT2D eigenvalue weighted by Gasteiger charge is 2.19. The molecule has 0 saturated carbocycles. The van der Waals surface area contributed by atoms with Crippen LogP contribution in [0.3, 0.4) is 0 Å². The number of nitrogens with zero attached hydrogens (tertiary/aromatic N) is 2. The lowest BCUT2D eigenvalue weighted by atomic mass is 10.2. The molecule has 8 heteroatoms. The molecule has 21 heavy (non-hydrogen) atoms. The van der Waals surface area contributed by atoms with Gasteiger partial charge in [0.15, 0.2) is 5.15 Å². The number of hydrogen-bond acceptors (Lipinski definition) is 4. The lowest BCUT2D eigenvalue weighted by molar-refractivity contribution is 0.600. The average Bonchev–Trinajstić information content (AvgIpc) is 2.42. The molecule has 2 aromatic rings. The molecule has 108 valence electrons. The van der Waals surface area contributed by atoms with Gasteiger partial charge in [-0.15, -0.1) is 0 Å². The van der Waals surface area contributed by atoms with Crippen molar-refractivity contribution < 1.29 is 8.42 Å². The number of sulfonamides is 1. The average molecular weight is 387 g/mol. The van der Waals surface area contributed by atoms with Gasteiger partial charge in [-0.2, -0.15) is 5.26 Å². The van der Waals surface area contributed by atoms with Crippen molar-refractivity contribution in [3.8, 4) is 6.07 Å². The summed E-state index contributed by atoms with van der Waals surface area (Å²) < 4.78 is 27.8. The minimum absolute atomic E-state index is 0.0491. The monoisotopic (exact) mass is 385 g/mol. The van der Waals surface area contributed by atoms with E-state index in [1.54, 1.807) is 6.92 Å². The normalized spacial score (nSPS) is 11.0. The Kier molecular flexibility index (Phi) is 4.52. The maximum absolute atomic E-state index is 12.4. The Morgan fingerprint density at radius 2 is 2.10 bits per heavy atom. The van der Waals surface area contributed by atoms with Crippen molar-refractivity contribution in [1.82, 2.24) is 4.98 Å². The van der Waals surface area contributed by atoms with Crippen molar-refractivity contribution in [2.45, 2.75) is 11.8 Å². The van der Waals surface area contributed by atoms with Gasteiger partial charge in [0.25, 0.3) is 10.0 Å². The zero-order valence-electron chi connectivity index (χ0n) is 10.8. The molecule has 0 aliphatic rings. The van der Waals surface area contributed by atoms with Gasteiger partial charge in [0.05, 0.1) is 22.2 Å². The van der Waals surface area contributed by atoms with Crippen LogP contribution in [0.5, 0.6) is 0 Å². The number of hydrogen-bond donors (Lipinski definition) is 1. The standard InChI is InChI=1S/C13H9BrClN3O2S/c1-8-4-9(6-16)2-3-12(8)21(19,20)18-11-5-10(14)7-17-13(11)15/h2-5,7,18H,1H3. The third-order valence-corrected chi connectivity index (χ3v) is 4.90. The smallest absolute Gasteiger partial charge is 0.262 e. The Hall–Kier alpha value is -1.62. The summed E-state index contributed by atoms with van der Waals surface area (Å²) in [5.74, 6) is 0. The van der Waals surface area contributed by atoms with Crippen molar-refractivity contribution in [3.63, 3.8) is 0 Å². The Bertz CT molecular complexity index is 847. The number of nitriles is 1. The maximum atomic E-state index is 12.4. The number of pyridine rings is 1. The van der Waals surface area contributed by atoms with E-state index < -0.39 is 10.0 Å². The van der Waals surface area contributed by atoms with Crippen molar-refractivity contribution >= 4 is 43.2 Å². The molecule has 1 heterocycles. The molecule has 0 spiro atoms. The summed E-state index contributed by atoms with van der Waals surface area (Å²) in [6.45, 7) is 1.62. The largest absolute Gasteiger partial charge is 0.276 e. The molecule has 0 aliphatic heterocycles. The Labute approximate surface area is 135 Å². The van der Waals surface area contributed by atoms with Gasteiger partial charge in [-0.3, -0.25) is 4.72 Å². The van der Waals surface area contributed by atoms with Crippen LogP contribution in [0.2, 0.25) is 5.15 Å². The molecule has 1 aromatic heterocycles. The highest BCUT2D eigenvalue weighted by molar-refractivity contribution is 9.10.